The van der Waals surface area contributed by atoms with Gasteiger partial charge in [0.1, 0.15) is 5.82 Å². The van der Waals surface area contributed by atoms with Crippen molar-refractivity contribution in [2.45, 2.75) is 58.0 Å². The summed E-state index contributed by atoms with van der Waals surface area (Å²) in [5, 5.41) is 5.88. The fourth-order valence-corrected chi connectivity index (χ4v) is 4.87. The molecule has 6 nitrogen and oxygen atoms in total. The van der Waals surface area contributed by atoms with E-state index in [1.54, 1.807) is 11.3 Å². The molecule has 2 atom stereocenters. The topological polar surface area (TPSA) is 110 Å². The molecule has 30 heavy (non-hydrogen) atoms. The summed E-state index contributed by atoms with van der Waals surface area (Å²) in [7, 11) is 0. The summed E-state index contributed by atoms with van der Waals surface area (Å²) in [5.41, 5.74) is 15.7. The number of nitrogens with zero attached hydrogens (tertiary/aromatic N) is 1. The number of amides is 1. The predicted octanol–water partition coefficient (Wildman–Crippen LogP) is 3.87. The molecule has 0 unspecified atom stereocenters. The molecule has 3 rings (SSSR count). The van der Waals surface area contributed by atoms with Crippen molar-refractivity contribution >= 4 is 39.9 Å². The Bertz CT molecular complexity index is 985. The van der Waals surface area contributed by atoms with Crippen molar-refractivity contribution in [2.24, 2.45) is 11.5 Å². The van der Waals surface area contributed by atoms with Gasteiger partial charge in [-0.15, -0.1) is 11.3 Å². The number of aromatic nitrogens is 2. The van der Waals surface area contributed by atoms with Gasteiger partial charge in [0.2, 0.25) is 5.91 Å². The molecule has 162 valence electrons. The third kappa shape index (κ3) is 5.03. The zero-order chi connectivity index (χ0) is 21.7. The number of thiophene rings is 1. The summed E-state index contributed by atoms with van der Waals surface area (Å²) < 4.78 is 0. The van der Waals surface area contributed by atoms with Gasteiger partial charge in [-0.25, -0.2) is 4.98 Å². The van der Waals surface area contributed by atoms with Crippen molar-refractivity contribution < 1.29 is 4.79 Å². The molecule has 0 radical (unpaired) electrons. The van der Waals surface area contributed by atoms with Gasteiger partial charge in [0.15, 0.2) is 0 Å². The Kier molecular flexibility index (Phi) is 7.88. The smallest absolute Gasteiger partial charge is 0.237 e. The van der Waals surface area contributed by atoms with E-state index in [1.807, 2.05) is 17.5 Å². The molecule has 1 amide bonds. The lowest BCUT2D eigenvalue weighted by Gasteiger charge is -2.19. The van der Waals surface area contributed by atoms with E-state index in [0.29, 0.717) is 25.8 Å². The first-order valence-corrected chi connectivity index (χ1v) is 11.7. The lowest BCUT2D eigenvalue weighted by Crippen LogP contribution is -2.43. The average Bonchev–Trinajstić information content (AvgIpc) is 3.39. The maximum absolute atomic E-state index is 12.7. The molecule has 0 bridgehead atoms. The fourth-order valence-electron chi connectivity index (χ4n) is 3.76. The van der Waals surface area contributed by atoms with Crippen molar-refractivity contribution in [3.8, 4) is 0 Å². The number of hydrogen-bond acceptors (Lipinski definition) is 5. The summed E-state index contributed by atoms with van der Waals surface area (Å²) in [6.45, 7) is 4.73. The molecule has 0 saturated carbocycles. The van der Waals surface area contributed by atoms with Crippen LogP contribution in [-0.4, -0.2) is 28.5 Å². The van der Waals surface area contributed by atoms with E-state index < -0.39 is 6.04 Å². The van der Waals surface area contributed by atoms with Gasteiger partial charge in [-0.1, -0.05) is 31.5 Å². The number of imidazole rings is 1. The van der Waals surface area contributed by atoms with Crippen molar-refractivity contribution in [3.63, 3.8) is 0 Å². The molecule has 1 aromatic carbocycles. The first-order valence-electron chi connectivity index (χ1n) is 10.5. The van der Waals surface area contributed by atoms with Crippen LogP contribution in [0.2, 0.25) is 5.02 Å². The molecule has 2 aromatic heterocycles. The second kappa shape index (κ2) is 10.4. The van der Waals surface area contributed by atoms with E-state index in [2.05, 4.69) is 30.2 Å². The molecule has 0 saturated heterocycles. The van der Waals surface area contributed by atoms with E-state index in [1.165, 1.54) is 4.88 Å². The van der Waals surface area contributed by atoms with Gasteiger partial charge in [0, 0.05) is 16.3 Å². The van der Waals surface area contributed by atoms with Gasteiger partial charge < -0.3 is 21.8 Å². The van der Waals surface area contributed by atoms with Gasteiger partial charge in [-0.2, -0.15) is 0 Å². The molecule has 3 aromatic rings. The van der Waals surface area contributed by atoms with Gasteiger partial charge >= 0.3 is 0 Å². The number of benzene rings is 1. The normalized spacial score (nSPS) is 13.5. The Hall–Kier alpha value is -1.93. The van der Waals surface area contributed by atoms with E-state index in [0.717, 1.165) is 45.8 Å². The van der Waals surface area contributed by atoms with Crippen LogP contribution in [0.3, 0.4) is 0 Å². The Morgan fingerprint density at radius 1 is 1.33 bits per heavy atom. The van der Waals surface area contributed by atoms with E-state index in [9.17, 15) is 4.79 Å². The zero-order valence-corrected chi connectivity index (χ0v) is 19.1. The third-order valence-electron chi connectivity index (χ3n) is 5.35. The number of halogens is 1. The number of hydrogen-bond donors (Lipinski definition) is 4. The van der Waals surface area contributed by atoms with Gasteiger partial charge in [-0.3, -0.25) is 4.79 Å². The van der Waals surface area contributed by atoms with E-state index >= 15 is 0 Å². The van der Waals surface area contributed by atoms with Gasteiger partial charge in [-0.05, 0) is 60.9 Å². The Morgan fingerprint density at radius 3 is 2.73 bits per heavy atom. The predicted molar refractivity (Wildman–Crippen MR) is 125 cm³/mol. The zero-order valence-electron chi connectivity index (χ0n) is 17.5. The number of rotatable bonds is 10. The van der Waals surface area contributed by atoms with Crippen molar-refractivity contribution in [1.29, 1.82) is 0 Å². The minimum Gasteiger partial charge on any atom is -0.344 e. The molecule has 0 aliphatic rings. The van der Waals surface area contributed by atoms with Gasteiger partial charge in [0.25, 0.3) is 0 Å². The highest BCUT2D eigenvalue weighted by Crippen LogP contribution is 2.31. The number of aryl methyl sites for hydroxylation is 1. The summed E-state index contributed by atoms with van der Waals surface area (Å²) in [4.78, 5) is 22.2. The van der Waals surface area contributed by atoms with Crippen molar-refractivity contribution in [3.05, 3.63) is 50.4 Å². The van der Waals surface area contributed by atoms with Crippen LogP contribution in [0.1, 0.15) is 54.6 Å². The van der Waals surface area contributed by atoms with Crippen LogP contribution < -0.4 is 16.8 Å². The minimum atomic E-state index is -0.587. The molecule has 2 heterocycles. The van der Waals surface area contributed by atoms with Crippen LogP contribution >= 0.6 is 22.9 Å². The van der Waals surface area contributed by atoms with E-state index in [-0.39, 0.29) is 11.9 Å². The number of carbonyl (C=O) groups excluding carboxylic acids is 1. The van der Waals surface area contributed by atoms with Crippen LogP contribution in [-0.2, 0) is 24.1 Å². The van der Waals surface area contributed by atoms with Crippen LogP contribution in [0.15, 0.2) is 23.6 Å². The molecule has 0 fully saturated rings. The molecule has 0 aliphatic heterocycles. The highest BCUT2D eigenvalue weighted by Gasteiger charge is 2.24. The molecule has 8 heteroatoms. The van der Waals surface area contributed by atoms with E-state index in [4.69, 9.17) is 28.1 Å². The number of fused-ring (bicyclic) bond motifs is 1. The number of nitrogens with one attached hydrogen (secondary N) is 2. The molecular weight excluding hydrogens is 418 g/mol. The monoisotopic (exact) mass is 447 g/mol. The van der Waals surface area contributed by atoms with Gasteiger partial charge in [0.05, 0.1) is 23.1 Å². The SMILES string of the molecule is CCc1c(Cl)cc2[nH]c([C@@H](Cc3cccs3)NC(=O)[C@H](N)CCCN)nc2c1CC. The number of H-pyrrole nitrogens is 1. The Labute approximate surface area is 186 Å². The second-order valence-electron chi connectivity index (χ2n) is 7.42. The first-order chi connectivity index (χ1) is 14.5. The maximum atomic E-state index is 12.7. The molecular formula is C22H30ClN5OS. The standard InChI is InChI=1S/C22H30ClN5OS/c1-3-14-15(4-2)20-18(12-16(14)23)26-21(28-20)19(11-13-7-6-10-30-13)27-22(29)17(25)8-5-9-24/h6-7,10,12,17,19H,3-5,8-9,11,24-25H2,1-2H3,(H,26,28)(H,27,29)/t17-,19-/m1/s1. The van der Waals surface area contributed by atoms with Crippen molar-refractivity contribution in [2.75, 3.05) is 6.54 Å². The number of aromatic amines is 1. The minimum absolute atomic E-state index is 0.187. The maximum Gasteiger partial charge on any atom is 0.237 e. The highest BCUT2D eigenvalue weighted by molar-refractivity contribution is 7.09. The van der Waals surface area contributed by atoms with Crippen LogP contribution in [0, 0.1) is 0 Å². The lowest BCUT2D eigenvalue weighted by molar-refractivity contribution is -0.123. The van der Waals surface area contributed by atoms with Crippen molar-refractivity contribution in [1.82, 2.24) is 15.3 Å². The molecule has 0 spiro atoms. The summed E-state index contributed by atoms with van der Waals surface area (Å²) in [6, 6.07) is 5.11. The largest absolute Gasteiger partial charge is 0.344 e. The number of carbonyl (C=O) groups is 1. The van der Waals surface area contributed by atoms with Crippen LogP contribution in [0.25, 0.3) is 11.0 Å². The summed E-state index contributed by atoms with van der Waals surface area (Å²) >= 11 is 8.18. The van der Waals surface area contributed by atoms with Crippen LogP contribution in [0.4, 0.5) is 0 Å². The molecule has 0 aliphatic carbocycles. The second-order valence-corrected chi connectivity index (χ2v) is 8.86. The summed E-state index contributed by atoms with van der Waals surface area (Å²) in [6.07, 6.45) is 3.61. The summed E-state index contributed by atoms with van der Waals surface area (Å²) in [5.74, 6) is 0.533. The average molecular weight is 448 g/mol. The Morgan fingerprint density at radius 2 is 2.10 bits per heavy atom. The first kappa shape index (κ1) is 22.7. The molecule has 6 N–H and O–H groups in total. The fraction of sp³-hybridized carbons (Fsp3) is 0.455. The Balaban J connectivity index is 1.96. The highest BCUT2D eigenvalue weighted by atomic mass is 35.5. The quantitative estimate of drug-likeness (QED) is 0.378. The third-order valence-corrected chi connectivity index (χ3v) is 6.59. The lowest BCUT2D eigenvalue weighted by atomic mass is 10.0. The van der Waals surface area contributed by atoms with Crippen LogP contribution in [0.5, 0.6) is 0 Å². The number of nitrogens with two attached hydrogens (primary N) is 2.